The van der Waals surface area contributed by atoms with Crippen LogP contribution in [0.3, 0.4) is 0 Å². The van der Waals surface area contributed by atoms with E-state index in [1.165, 1.54) is 0 Å². The lowest BCUT2D eigenvalue weighted by Crippen LogP contribution is -2.55. The standard InChI is InChI=1S/C31H35Cl2N3O4/c1-31(2,3)40-30(38)34-27(20-22-12-14-25(15-13-22)39-24-9-5-4-6-10-24)29(37)36-18-16-35(17-19-36)21-23-8-7-11-26(32)28(23)33/h4-15,27H,16-21H2,1-3H3,(H,34,38)/t27-/m0/s1. The van der Waals surface area contributed by atoms with E-state index >= 15 is 0 Å². The number of alkyl carbamates (subject to hydrolysis) is 1. The maximum absolute atomic E-state index is 13.6. The van der Waals surface area contributed by atoms with Gasteiger partial charge in [-0.15, -0.1) is 0 Å². The summed E-state index contributed by atoms with van der Waals surface area (Å²) in [5, 5.41) is 3.90. The number of benzene rings is 3. The van der Waals surface area contributed by atoms with Crippen LogP contribution in [-0.4, -0.2) is 59.6 Å². The molecule has 4 rings (SSSR count). The van der Waals surface area contributed by atoms with Crippen LogP contribution in [-0.2, 0) is 22.5 Å². The number of nitrogens with one attached hydrogen (secondary N) is 1. The molecule has 0 aromatic heterocycles. The number of piperazine rings is 1. The van der Waals surface area contributed by atoms with E-state index in [0.717, 1.165) is 16.9 Å². The molecule has 0 saturated carbocycles. The van der Waals surface area contributed by atoms with E-state index in [-0.39, 0.29) is 5.91 Å². The minimum Gasteiger partial charge on any atom is -0.457 e. The Balaban J connectivity index is 1.40. The van der Waals surface area contributed by atoms with E-state index in [2.05, 4.69) is 10.2 Å². The van der Waals surface area contributed by atoms with Gasteiger partial charge in [0, 0.05) is 39.1 Å². The molecule has 1 saturated heterocycles. The molecule has 1 aliphatic rings. The van der Waals surface area contributed by atoms with Crippen LogP contribution in [0.15, 0.2) is 72.8 Å². The summed E-state index contributed by atoms with van der Waals surface area (Å²) in [4.78, 5) is 30.3. The van der Waals surface area contributed by atoms with Gasteiger partial charge in [0.05, 0.1) is 10.0 Å². The van der Waals surface area contributed by atoms with Gasteiger partial charge >= 0.3 is 6.09 Å². The summed E-state index contributed by atoms with van der Waals surface area (Å²) in [6.07, 6.45) is -0.300. The molecule has 40 heavy (non-hydrogen) atoms. The summed E-state index contributed by atoms with van der Waals surface area (Å²) in [5.74, 6) is 1.29. The summed E-state index contributed by atoms with van der Waals surface area (Å²) in [6.45, 7) is 8.46. The summed E-state index contributed by atoms with van der Waals surface area (Å²) in [7, 11) is 0. The van der Waals surface area contributed by atoms with Crippen LogP contribution in [0.1, 0.15) is 31.9 Å². The smallest absolute Gasteiger partial charge is 0.408 e. The van der Waals surface area contributed by atoms with Crippen LogP contribution >= 0.6 is 23.2 Å². The number of rotatable bonds is 8. The molecule has 1 heterocycles. The molecule has 212 valence electrons. The molecule has 2 amide bonds. The summed E-state index contributed by atoms with van der Waals surface area (Å²) in [5.41, 5.74) is 1.17. The normalized spacial score (nSPS) is 14.9. The Bertz CT molecular complexity index is 1290. The fraction of sp³-hybridized carbons (Fsp3) is 0.355. The Morgan fingerprint density at radius 2 is 1.52 bits per heavy atom. The summed E-state index contributed by atoms with van der Waals surface area (Å²) >= 11 is 12.5. The molecule has 3 aromatic carbocycles. The third-order valence-electron chi connectivity index (χ3n) is 6.44. The first-order valence-corrected chi connectivity index (χ1v) is 14.1. The molecular weight excluding hydrogens is 549 g/mol. The van der Waals surface area contributed by atoms with Crippen molar-refractivity contribution in [3.8, 4) is 11.5 Å². The van der Waals surface area contributed by atoms with Gasteiger partial charge in [-0.05, 0) is 62.2 Å². The number of halogens is 2. The van der Waals surface area contributed by atoms with Crippen molar-refractivity contribution in [2.75, 3.05) is 26.2 Å². The first kappa shape index (κ1) is 29.7. The second kappa shape index (κ2) is 13.4. The fourth-order valence-electron chi connectivity index (χ4n) is 4.46. The number of hydrogen-bond acceptors (Lipinski definition) is 5. The van der Waals surface area contributed by atoms with Crippen molar-refractivity contribution in [1.29, 1.82) is 0 Å². The van der Waals surface area contributed by atoms with Crippen LogP contribution in [0.4, 0.5) is 4.79 Å². The number of para-hydroxylation sites is 1. The van der Waals surface area contributed by atoms with Crippen molar-refractivity contribution in [3.05, 3.63) is 94.0 Å². The Hall–Kier alpha value is -3.26. The van der Waals surface area contributed by atoms with Crippen LogP contribution in [0.2, 0.25) is 10.0 Å². The van der Waals surface area contributed by atoms with E-state index in [0.29, 0.717) is 54.9 Å². The monoisotopic (exact) mass is 583 g/mol. The summed E-state index contributed by atoms with van der Waals surface area (Å²) in [6, 6.07) is 21.9. The Morgan fingerprint density at radius 1 is 0.875 bits per heavy atom. The predicted molar refractivity (Wildman–Crippen MR) is 158 cm³/mol. The Kier molecular flexibility index (Phi) is 9.95. The SMILES string of the molecule is CC(C)(C)OC(=O)N[C@@H](Cc1ccc(Oc2ccccc2)cc1)C(=O)N1CCN(Cc2cccc(Cl)c2Cl)CC1. The summed E-state index contributed by atoms with van der Waals surface area (Å²) < 4.78 is 11.3. The maximum atomic E-state index is 13.6. The van der Waals surface area contributed by atoms with E-state index in [9.17, 15) is 9.59 Å². The predicted octanol–water partition coefficient (Wildman–Crippen LogP) is 6.57. The highest BCUT2D eigenvalue weighted by Gasteiger charge is 2.30. The second-order valence-electron chi connectivity index (χ2n) is 10.8. The van der Waals surface area contributed by atoms with Gasteiger partial charge in [-0.3, -0.25) is 9.69 Å². The molecule has 3 aromatic rings. The highest BCUT2D eigenvalue weighted by molar-refractivity contribution is 6.42. The molecule has 7 nitrogen and oxygen atoms in total. The highest BCUT2D eigenvalue weighted by Crippen LogP contribution is 2.27. The Labute approximate surface area is 246 Å². The molecule has 0 spiro atoms. The van der Waals surface area contributed by atoms with E-state index in [1.54, 1.807) is 31.7 Å². The zero-order chi connectivity index (χ0) is 28.7. The van der Waals surface area contributed by atoms with E-state index < -0.39 is 17.7 Å². The first-order chi connectivity index (χ1) is 19.1. The minimum absolute atomic E-state index is 0.143. The molecule has 0 unspecified atom stereocenters. The van der Waals surface area contributed by atoms with Gasteiger partial charge in [0.1, 0.15) is 23.1 Å². The number of amides is 2. The fourth-order valence-corrected chi connectivity index (χ4v) is 4.84. The lowest BCUT2D eigenvalue weighted by molar-refractivity contribution is -0.135. The van der Waals surface area contributed by atoms with Crippen molar-refractivity contribution >= 4 is 35.2 Å². The first-order valence-electron chi connectivity index (χ1n) is 13.3. The maximum Gasteiger partial charge on any atom is 0.408 e. The molecule has 0 aliphatic carbocycles. The van der Waals surface area contributed by atoms with Crippen LogP contribution < -0.4 is 10.1 Å². The third-order valence-corrected chi connectivity index (χ3v) is 7.30. The van der Waals surface area contributed by atoms with Gasteiger partial charge in [0.25, 0.3) is 0 Å². The van der Waals surface area contributed by atoms with Crippen LogP contribution in [0.25, 0.3) is 0 Å². The van der Waals surface area contributed by atoms with Gasteiger partial charge in [0.15, 0.2) is 0 Å². The van der Waals surface area contributed by atoms with Gasteiger partial charge in [-0.25, -0.2) is 4.79 Å². The van der Waals surface area contributed by atoms with Gasteiger partial charge in [-0.2, -0.15) is 0 Å². The molecule has 1 atom stereocenters. The van der Waals surface area contributed by atoms with Crippen molar-refractivity contribution in [3.63, 3.8) is 0 Å². The molecule has 1 aliphatic heterocycles. The number of hydrogen-bond donors (Lipinski definition) is 1. The lowest BCUT2D eigenvalue weighted by Gasteiger charge is -2.36. The highest BCUT2D eigenvalue weighted by atomic mass is 35.5. The number of carbonyl (C=O) groups excluding carboxylic acids is 2. The molecule has 1 N–H and O–H groups in total. The third kappa shape index (κ3) is 8.62. The van der Waals surface area contributed by atoms with Gasteiger partial charge < -0.3 is 19.7 Å². The minimum atomic E-state index is -0.773. The molecular formula is C31H35Cl2N3O4. The van der Waals surface area contributed by atoms with Crippen molar-refractivity contribution in [2.24, 2.45) is 0 Å². The number of nitrogens with zero attached hydrogens (tertiary/aromatic N) is 2. The molecule has 0 bridgehead atoms. The van der Waals surface area contributed by atoms with Crippen LogP contribution in [0, 0.1) is 0 Å². The van der Waals surface area contributed by atoms with Crippen LogP contribution in [0.5, 0.6) is 11.5 Å². The Morgan fingerprint density at radius 3 is 2.17 bits per heavy atom. The zero-order valence-corrected chi connectivity index (χ0v) is 24.5. The molecule has 9 heteroatoms. The number of carbonyl (C=O) groups is 2. The lowest BCUT2D eigenvalue weighted by atomic mass is 10.0. The topological polar surface area (TPSA) is 71.1 Å². The number of ether oxygens (including phenoxy) is 2. The molecule has 1 fully saturated rings. The van der Waals surface area contributed by atoms with Crippen molar-refractivity contribution in [1.82, 2.24) is 15.1 Å². The van der Waals surface area contributed by atoms with Crippen molar-refractivity contribution < 1.29 is 19.1 Å². The zero-order valence-electron chi connectivity index (χ0n) is 23.0. The average Bonchev–Trinajstić information content (AvgIpc) is 2.91. The van der Waals surface area contributed by atoms with E-state index in [1.807, 2.05) is 66.7 Å². The van der Waals surface area contributed by atoms with Crippen molar-refractivity contribution in [2.45, 2.75) is 45.4 Å². The van der Waals surface area contributed by atoms with Gasteiger partial charge in [-0.1, -0.05) is 65.7 Å². The largest absolute Gasteiger partial charge is 0.457 e. The quantitative estimate of drug-likeness (QED) is 0.325. The molecule has 0 radical (unpaired) electrons. The van der Waals surface area contributed by atoms with Gasteiger partial charge in [0.2, 0.25) is 5.91 Å². The van der Waals surface area contributed by atoms with E-state index in [4.69, 9.17) is 32.7 Å². The average molecular weight is 585 g/mol. The second-order valence-corrected chi connectivity index (χ2v) is 11.6.